The number of amides is 2. The molecule has 2 amide bonds. The molecule has 3 aromatic rings. The first-order valence-corrected chi connectivity index (χ1v) is 11.7. The highest BCUT2D eigenvalue weighted by molar-refractivity contribution is 8.01. The minimum atomic E-state index is -0.381. The molecule has 0 atom stereocenters. The van der Waals surface area contributed by atoms with E-state index in [1.165, 1.54) is 40.8 Å². The van der Waals surface area contributed by atoms with Gasteiger partial charge in [-0.25, -0.2) is 0 Å². The standard InChI is InChI=1S/C20H16Cl2N4O2S2/c21-14-8-13(9-15(22)10-14)18(28)23-19-24-25-20(30-19)29-11-17(27)26-7-3-5-12-4-1-2-6-16(12)26/h1-2,4,6,8-10H,3,5,7,11H2,(H,23,24,28). The molecule has 2 aromatic carbocycles. The molecule has 0 radical (unpaired) electrons. The molecule has 1 aliphatic rings. The van der Waals surface area contributed by atoms with Gasteiger partial charge in [0.15, 0.2) is 4.34 Å². The summed E-state index contributed by atoms with van der Waals surface area (Å²) < 4.78 is 0.605. The number of nitrogens with one attached hydrogen (secondary N) is 1. The fourth-order valence-electron chi connectivity index (χ4n) is 3.17. The van der Waals surface area contributed by atoms with Gasteiger partial charge in [-0.05, 0) is 42.7 Å². The van der Waals surface area contributed by atoms with Gasteiger partial charge in [0.2, 0.25) is 11.0 Å². The van der Waals surface area contributed by atoms with Crippen LogP contribution in [0.25, 0.3) is 0 Å². The van der Waals surface area contributed by atoms with E-state index in [-0.39, 0.29) is 17.6 Å². The molecule has 0 spiro atoms. The molecule has 2 heterocycles. The van der Waals surface area contributed by atoms with Gasteiger partial charge in [0, 0.05) is 27.8 Å². The van der Waals surface area contributed by atoms with Crippen molar-refractivity contribution in [1.82, 2.24) is 10.2 Å². The van der Waals surface area contributed by atoms with E-state index in [9.17, 15) is 9.59 Å². The third kappa shape index (κ3) is 4.95. The quantitative estimate of drug-likeness (QED) is 0.404. The van der Waals surface area contributed by atoms with Crippen molar-refractivity contribution in [2.75, 3.05) is 22.5 Å². The number of rotatable bonds is 5. The maximum absolute atomic E-state index is 12.7. The Bertz CT molecular complexity index is 1090. The summed E-state index contributed by atoms with van der Waals surface area (Å²) in [7, 11) is 0. The van der Waals surface area contributed by atoms with Gasteiger partial charge in [-0.15, -0.1) is 10.2 Å². The van der Waals surface area contributed by atoms with E-state index in [0.29, 0.717) is 25.1 Å². The topological polar surface area (TPSA) is 75.2 Å². The lowest BCUT2D eigenvalue weighted by Gasteiger charge is -2.29. The molecule has 1 aromatic heterocycles. The van der Waals surface area contributed by atoms with Crippen molar-refractivity contribution < 1.29 is 9.59 Å². The molecule has 0 fully saturated rings. The van der Waals surface area contributed by atoms with Crippen LogP contribution in [0.3, 0.4) is 0 Å². The maximum Gasteiger partial charge on any atom is 0.257 e. The number of carbonyl (C=O) groups is 2. The van der Waals surface area contributed by atoms with Crippen molar-refractivity contribution in [3.63, 3.8) is 0 Å². The fraction of sp³-hybridized carbons (Fsp3) is 0.200. The van der Waals surface area contributed by atoms with Crippen molar-refractivity contribution in [2.45, 2.75) is 17.2 Å². The van der Waals surface area contributed by atoms with Crippen LogP contribution >= 0.6 is 46.3 Å². The number of aromatic nitrogens is 2. The first-order chi connectivity index (χ1) is 14.5. The molecule has 154 valence electrons. The van der Waals surface area contributed by atoms with E-state index < -0.39 is 0 Å². The third-order valence-corrected chi connectivity index (χ3v) is 6.88. The Morgan fingerprint density at radius 2 is 1.90 bits per heavy atom. The summed E-state index contributed by atoms with van der Waals surface area (Å²) in [6.45, 7) is 0.718. The van der Waals surface area contributed by atoms with Crippen molar-refractivity contribution in [1.29, 1.82) is 0 Å². The minimum Gasteiger partial charge on any atom is -0.311 e. The first-order valence-electron chi connectivity index (χ1n) is 9.11. The number of fused-ring (bicyclic) bond motifs is 1. The normalized spacial score (nSPS) is 13.1. The highest BCUT2D eigenvalue weighted by Gasteiger charge is 2.22. The first kappa shape index (κ1) is 21.1. The molecule has 0 saturated heterocycles. The van der Waals surface area contributed by atoms with E-state index in [1.807, 2.05) is 23.1 Å². The average molecular weight is 479 g/mol. The van der Waals surface area contributed by atoms with E-state index in [1.54, 1.807) is 6.07 Å². The van der Waals surface area contributed by atoms with Crippen LogP contribution in [0.4, 0.5) is 10.8 Å². The second-order valence-corrected chi connectivity index (χ2v) is 9.62. The second-order valence-electron chi connectivity index (χ2n) is 6.55. The second kappa shape index (κ2) is 9.34. The SMILES string of the molecule is O=C(Nc1nnc(SCC(=O)N2CCCc3ccccc32)s1)c1cc(Cl)cc(Cl)c1. The van der Waals surface area contributed by atoms with Crippen LogP contribution in [-0.2, 0) is 11.2 Å². The van der Waals surface area contributed by atoms with Gasteiger partial charge >= 0.3 is 0 Å². The molecule has 6 nitrogen and oxygen atoms in total. The predicted molar refractivity (Wildman–Crippen MR) is 122 cm³/mol. The molecular formula is C20H16Cl2N4O2S2. The van der Waals surface area contributed by atoms with Crippen molar-refractivity contribution in [3.8, 4) is 0 Å². The van der Waals surface area contributed by atoms with Crippen LogP contribution in [0.2, 0.25) is 10.0 Å². The molecule has 0 unspecified atom stereocenters. The van der Waals surface area contributed by atoms with E-state index in [0.717, 1.165) is 25.1 Å². The van der Waals surface area contributed by atoms with Crippen LogP contribution in [0.15, 0.2) is 46.8 Å². The lowest BCUT2D eigenvalue weighted by atomic mass is 10.0. The Hall–Kier alpha value is -2.13. The summed E-state index contributed by atoms with van der Waals surface area (Å²) in [5, 5.41) is 11.8. The summed E-state index contributed by atoms with van der Waals surface area (Å²) >= 11 is 14.4. The molecule has 4 rings (SSSR count). The zero-order valence-corrected chi connectivity index (χ0v) is 18.7. The number of thioether (sulfide) groups is 1. The number of halogens is 2. The van der Waals surface area contributed by atoms with Gasteiger partial charge in [0.25, 0.3) is 5.91 Å². The van der Waals surface area contributed by atoms with Crippen LogP contribution in [0.5, 0.6) is 0 Å². The zero-order chi connectivity index (χ0) is 21.1. The lowest BCUT2D eigenvalue weighted by molar-refractivity contribution is -0.116. The molecule has 0 bridgehead atoms. The fourth-order valence-corrected chi connectivity index (χ4v) is 5.32. The predicted octanol–water partition coefficient (Wildman–Crippen LogP) is 5.17. The summed E-state index contributed by atoms with van der Waals surface area (Å²) in [4.78, 5) is 26.9. The smallest absolute Gasteiger partial charge is 0.257 e. The molecule has 10 heteroatoms. The largest absolute Gasteiger partial charge is 0.311 e. The molecule has 1 aliphatic heterocycles. The molecule has 0 aliphatic carbocycles. The Kier molecular flexibility index (Phi) is 6.58. The number of aryl methyl sites for hydroxylation is 1. The number of benzene rings is 2. The van der Waals surface area contributed by atoms with E-state index in [4.69, 9.17) is 23.2 Å². The van der Waals surface area contributed by atoms with Crippen LogP contribution in [0.1, 0.15) is 22.3 Å². The van der Waals surface area contributed by atoms with Crippen molar-refractivity contribution >= 4 is 68.9 Å². The molecule has 30 heavy (non-hydrogen) atoms. The highest BCUT2D eigenvalue weighted by Crippen LogP contribution is 2.30. The monoisotopic (exact) mass is 478 g/mol. The average Bonchev–Trinajstić information content (AvgIpc) is 3.18. The zero-order valence-electron chi connectivity index (χ0n) is 15.6. The van der Waals surface area contributed by atoms with Gasteiger partial charge in [0.05, 0.1) is 5.75 Å². The maximum atomic E-state index is 12.7. The lowest BCUT2D eigenvalue weighted by Crippen LogP contribution is -2.36. The van der Waals surface area contributed by atoms with Crippen molar-refractivity contribution in [3.05, 3.63) is 63.6 Å². The number of anilines is 2. The van der Waals surface area contributed by atoms with Gasteiger partial charge in [-0.3, -0.25) is 14.9 Å². The van der Waals surface area contributed by atoms with Crippen LogP contribution in [-0.4, -0.2) is 34.3 Å². The Labute approximate surface area is 191 Å². The highest BCUT2D eigenvalue weighted by atomic mass is 35.5. The van der Waals surface area contributed by atoms with Gasteiger partial charge in [-0.2, -0.15) is 0 Å². The number of para-hydroxylation sites is 1. The summed E-state index contributed by atoms with van der Waals surface area (Å²) in [6, 6.07) is 12.6. The van der Waals surface area contributed by atoms with Crippen LogP contribution < -0.4 is 10.2 Å². The Morgan fingerprint density at radius 3 is 2.70 bits per heavy atom. The van der Waals surface area contributed by atoms with Gasteiger partial charge in [0.1, 0.15) is 0 Å². The summed E-state index contributed by atoms with van der Waals surface area (Å²) in [5.41, 5.74) is 2.51. The molecule has 0 saturated carbocycles. The summed E-state index contributed by atoms with van der Waals surface area (Å²) in [6.07, 6.45) is 1.94. The number of hydrogen-bond acceptors (Lipinski definition) is 6. The molecule has 1 N–H and O–H groups in total. The van der Waals surface area contributed by atoms with Gasteiger partial charge in [-0.1, -0.05) is 64.5 Å². The van der Waals surface area contributed by atoms with Crippen LogP contribution in [0, 0.1) is 0 Å². The number of hydrogen-bond donors (Lipinski definition) is 1. The van der Waals surface area contributed by atoms with E-state index in [2.05, 4.69) is 21.6 Å². The van der Waals surface area contributed by atoms with Gasteiger partial charge < -0.3 is 4.90 Å². The third-order valence-electron chi connectivity index (χ3n) is 4.48. The molecular weight excluding hydrogens is 463 g/mol. The van der Waals surface area contributed by atoms with E-state index >= 15 is 0 Å². The Morgan fingerprint density at radius 1 is 1.13 bits per heavy atom. The number of nitrogens with zero attached hydrogens (tertiary/aromatic N) is 3. The number of carbonyl (C=O) groups excluding carboxylic acids is 2. The summed E-state index contributed by atoms with van der Waals surface area (Å²) in [5.74, 6) is -0.101. The Balaban J connectivity index is 1.36. The minimum absolute atomic E-state index is 0.0292. The van der Waals surface area contributed by atoms with Crippen molar-refractivity contribution in [2.24, 2.45) is 0 Å².